The van der Waals surface area contributed by atoms with Crippen molar-refractivity contribution in [3.8, 4) is 0 Å². The summed E-state index contributed by atoms with van der Waals surface area (Å²) in [6, 6.07) is 0. The Kier molecular flexibility index (Phi) is 7.86. The van der Waals surface area contributed by atoms with Gasteiger partial charge in [-0.05, 0) is 0 Å². The van der Waals surface area contributed by atoms with Gasteiger partial charge in [0.15, 0.2) is 6.29 Å². The van der Waals surface area contributed by atoms with Crippen molar-refractivity contribution >= 4 is 0 Å². The maximum absolute atomic E-state index is 9.12. The third kappa shape index (κ3) is 4.37. The van der Waals surface area contributed by atoms with Gasteiger partial charge in [-0.3, -0.25) is 0 Å². The fraction of sp³-hybridized carbons (Fsp3) is 1.00. The van der Waals surface area contributed by atoms with E-state index in [9.17, 15) is 0 Å². The number of hydrogen-bond acceptors (Lipinski definition) is 12. The van der Waals surface area contributed by atoms with E-state index in [2.05, 4.69) is 4.74 Å². The predicted molar refractivity (Wildman–Crippen MR) is 72.0 cm³/mol. The molecular formula is C12H24O12. The summed E-state index contributed by atoms with van der Waals surface area (Å²) in [5.41, 5.74) is 0. The molecule has 144 valence electrons. The molecule has 1 aliphatic carbocycles. The fourth-order valence-corrected chi connectivity index (χ4v) is 2.29. The molecule has 0 aromatic heterocycles. The van der Waals surface area contributed by atoms with Crippen LogP contribution in [0.25, 0.3) is 0 Å². The van der Waals surface area contributed by atoms with Crippen molar-refractivity contribution in [1.29, 1.82) is 0 Å². The van der Waals surface area contributed by atoms with Crippen LogP contribution in [0, 0.1) is 0 Å². The van der Waals surface area contributed by atoms with E-state index in [1.165, 1.54) is 0 Å². The van der Waals surface area contributed by atoms with E-state index in [0.29, 0.717) is 0 Å². The molecule has 2 rings (SSSR count). The first-order valence-corrected chi connectivity index (χ1v) is 7.11. The van der Waals surface area contributed by atoms with E-state index in [1.54, 1.807) is 0 Å². The largest absolute Gasteiger partial charge is 0.394 e. The van der Waals surface area contributed by atoms with Gasteiger partial charge < -0.3 is 60.9 Å². The molecule has 2 fully saturated rings. The Morgan fingerprint density at radius 2 is 0.750 bits per heavy atom. The maximum Gasteiger partial charge on any atom is 0.184 e. The van der Waals surface area contributed by atoms with E-state index < -0.39 is 73.9 Å². The Morgan fingerprint density at radius 3 is 1.04 bits per heavy atom. The second kappa shape index (κ2) is 8.75. The quantitative estimate of drug-likeness (QED) is 0.209. The van der Waals surface area contributed by atoms with E-state index in [-0.39, 0.29) is 0 Å². The van der Waals surface area contributed by atoms with Crippen molar-refractivity contribution in [2.75, 3.05) is 6.61 Å². The molecule has 0 amide bonds. The van der Waals surface area contributed by atoms with Crippen LogP contribution in [-0.4, -0.2) is 130 Å². The van der Waals surface area contributed by atoms with Crippen molar-refractivity contribution < 1.29 is 60.9 Å². The molecule has 5 unspecified atom stereocenters. The average molecular weight is 360 g/mol. The van der Waals surface area contributed by atoms with Crippen LogP contribution in [-0.2, 0) is 4.74 Å². The summed E-state index contributed by atoms with van der Waals surface area (Å²) in [5, 5.41) is 98.5. The highest BCUT2D eigenvalue weighted by molar-refractivity contribution is 4.98. The summed E-state index contributed by atoms with van der Waals surface area (Å²) in [7, 11) is 0. The minimum Gasteiger partial charge on any atom is -0.394 e. The van der Waals surface area contributed by atoms with Gasteiger partial charge in [0, 0.05) is 0 Å². The molecule has 1 saturated heterocycles. The summed E-state index contributed by atoms with van der Waals surface area (Å²) in [6.45, 7) is -0.526. The highest BCUT2D eigenvalue weighted by atomic mass is 16.6. The number of aliphatic hydroxyl groups excluding tert-OH is 11. The molecule has 2 aliphatic rings. The molecule has 5 atom stereocenters. The standard InChI is InChI=1S/2C6H12O6/c7-1-2-3(8)4(9)5(10)6(11)12-2;7-1-2(8)4(10)6(12)5(11)3(1)9/h2-11H,1H2;1-12H. The van der Waals surface area contributed by atoms with Crippen molar-refractivity contribution in [2.24, 2.45) is 0 Å². The topological polar surface area (TPSA) is 232 Å². The second-order valence-electron chi connectivity index (χ2n) is 5.66. The lowest BCUT2D eigenvalue weighted by molar-refractivity contribution is -0.286. The number of rotatable bonds is 1. The summed E-state index contributed by atoms with van der Waals surface area (Å²) in [5.74, 6) is 0. The molecule has 0 aromatic rings. The third-order valence-electron chi connectivity index (χ3n) is 3.97. The zero-order chi connectivity index (χ0) is 18.8. The van der Waals surface area contributed by atoms with E-state index in [0.717, 1.165) is 0 Å². The summed E-state index contributed by atoms with van der Waals surface area (Å²) in [6.07, 6.45) is -16.9. The first-order chi connectivity index (χ1) is 11.0. The molecule has 11 N–H and O–H groups in total. The highest BCUT2D eigenvalue weighted by Crippen LogP contribution is 2.21. The fourth-order valence-electron chi connectivity index (χ4n) is 2.29. The lowest BCUT2D eigenvalue weighted by Gasteiger charge is -2.39. The van der Waals surface area contributed by atoms with E-state index >= 15 is 0 Å². The Labute approximate surface area is 136 Å². The van der Waals surface area contributed by atoms with Crippen molar-refractivity contribution in [3.63, 3.8) is 0 Å². The van der Waals surface area contributed by atoms with E-state index in [1.807, 2.05) is 0 Å². The number of ether oxygens (including phenoxy) is 1. The van der Waals surface area contributed by atoms with Gasteiger partial charge in [-0.2, -0.15) is 0 Å². The normalized spacial score (nSPS) is 52.4. The molecule has 24 heavy (non-hydrogen) atoms. The van der Waals surface area contributed by atoms with Crippen LogP contribution in [0.3, 0.4) is 0 Å². The lowest BCUT2D eigenvalue weighted by Crippen LogP contribution is -2.63. The number of hydrogen-bond donors (Lipinski definition) is 11. The Hall–Kier alpha value is -0.480. The average Bonchev–Trinajstić information content (AvgIpc) is 2.58. The first-order valence-electron chi connectivity index (χ1n) is 7.11. The number of aliphatic hydroxyl groups is 11. The zero-order valence-corrected chi connectivity index (χ0v) is 12.4. The minimum atomic E-state index is -1.64. The predicted octanol–water partition coefficient (Wildman–Crippen LogP) is -7.06. The summed E-state index contributed by atoms with van der Waals surface area (Å²) >= 11 is 0. The molecule has 12 heteroatoms. The van der Waals surface area contributed by atoms with Crippen LogP contribution in [0.4, 0.5) is 0 Å². The van der Waals surface area contributed by atoms with Crippen LogP contribution >= 0.6 is 0 Å². The third-order valence-corrected chi connectivity index (χ3v) is 3.97. The molecule has 0 aromatic carbocycles. The molecule has 1 heterocycles. The molecule has 0 bridgehead atoms. The zero-order valence-electron chi connectivity index (χ0n) is 12.4. The van der Waals surface area contributed by atoms with Gasteiger partial charge in [0.05, 0.1) is 6.61 Å². The first kappa shape index (κ1) is 21.6. The molecular weight excluding hydrogens is 336 g/mol. The lowest BCUT2D eigenvalue weighted by atomic mass is 9.85. The van der Waals surface area contributed by atoms with Crippen LogP contribution in [0.5, 0.6) is 0 Å². The highest BCUT2D eigenvalue weighted by Gasteiger charge is 2.47. The van der Waals surface area contributed by atoms with E-state index in [4.69, 9.17) is 56.2 Å². The van der Waals surface area contributed by atoms with Gasteiger partial charge >= 0.3 is 0 Å². The molecule has 12 nitrogen and oxygen atoms in total. The molecule has 0 radical (unpaired) electrons. The minimum absolute atomic E-state index is 0.526. The summed E-state index contributed by atoms with van der Waals surface area (Å²) < 4.78 is 4.58. The van der Waals surface area contributed by atoms with Gasteiger partial charge in [-0.1, -0.05) is 0 Å². The van der Waals surface area contributed by atoms with Gasteiger partial charge in [0.25, 0.3) is 0 Å². The van der Waals surface area contributed by atoms with Gasteiger partial charge in [-0.25, -0.2) is 0 Å². The summed E-state index contributed by atoms with van der Waals surface area (Å²) in [4.78, 5) is 0. The smallest absolute Gasteiger partial charge is 0.184 e. The van der Waals surface area contributed by atoms with Crippen molar-refractivity contribution in [3.05, 3.63) is 0 Å². The Balaban J connectivity index is 0.000000240. The Bertz CT molecular complexity index is 305. The van der Waals surface area contributed by atoms with Gasteiger partial charge in [0.1, 0.15) is 61.0 Å². The monoisotopic (exact) mass is 360 g/mol. The molecule has 1 aliphatic heterocycles. The van der Waals surface area contributed by atoms with Crippen LogP contribution in [0.15, 0.2) is 0 Å². The van der Waals surface area contributed by atoms with Crippen LogP contribution in [0.2, 0.25) is 0 Å². The molecule has 1 saturated carbocycles. The van der Waals surface area contributed by atoms with Crippen molar-refractivity contribution in [2.45, 2.75) is 67.3 Å². The SMILES string of the molecule is OC1C(O)C(O)C(O)C(O)C1O.OCC1OC(O)C(O)C(O)C1O. The second-order valence-corrected chi connectivity index (χ2v) is 5.66. The maximum atomic E-state index is 9.12. The van der Waals surface area contributed by atoms with Gasteiger partial charge in [0.2, 0.25) is 0 Å². The van der Waals surface area contributed by atoms with Crippen molar-refractivity contribution in [1.82, 2.24) is 0 Å². The van der Waals surface area contributed by atoms with Crippen LogP contribution < -0.4 is 0 Å². The molecule has 0 spiro atoms. The van der Waals surface area contributed by atoms with Crippen LogP contribution in [0.1, 0.15) is 0 Å². The Morgan fingerprint density at radius 1 is 0.458 bits per heavy atom. The van der Waals surface area contributed by atoms with Gasteiger partial charge in [-0.15, -0.1) is 0 Å².